The second-order valence-electron chi connectivity index (χ2n) is 4.41. The van der Waals surface area contributed by atoms with E-state index in [1.165, 1.54) is 29.1 Å². The first-order valence-corrected chi connectivity index (χ1v) is 7.30. The van der Waals surface area contributed by atoms with Crippen molar-refractivity contribution in [1.29, 1.82) is 0 Å². The van der Waals surface area contributed by atoms with Crippen LogP contribution in [-0.4, -0.2) is 18.3 Å². The molecule has 2 rings (SSSR count). The van der Waals surface area contributed by atoms with Gasteiger partial charge in [0, 0.05) is 16.7 Å². The Kier molecular flexibility index (Phi) is 4.30. The predicted molar refractivity (Wildman–Crippen MR) is 72.3 cm³/mol. The Balaban J connectivity index is 2.04. The highest BCUT2D eigenvalue weighted by Crippen LogP contribution is 2.32. The molecular weight excluding hydrogens is 214 g/mol. The minimum atomic E-state index is 0.634. The third kappa shape index (κ3) is 2.80. The molecule has 1 atom stereocenters. The minimum absolute atomic E-state index is 0.634. The lowest BCUT2D eigenvalue weighted by Gasteiger charge is -2.16. The van der Waals surface area contributed by atoms with Gasteiger partial charge in [-0.3, -0.25) is 0 Å². The van der Waals surface area contributed by atoms with Crippen molar-refractivity contribution in [2.24, 2.45) is 0 Å². The molecule has 16 heavy (non-hydrogen) atoms. The van der Waals surface area contributed by atoms with Crippen LogP contribution in [0, 0.1) is 0 Å². The molecule has 1 heterocycles. The van der Waals surface area contributed by atoms with Crippen LogP contribution in [0.2, 0.25) is 0 Å². The molecule has 0 aromatic heterocycles. The lowest BCUT2D eigenvalue weighted by atomic mass is 10.0. The van der Waals surface area contributed by atoms with E-state index in [1.54, 1.807) is 5.56 Å². The number of thioether (sulfide) groups is 1. The highest BCUT2D eigenvalue weighted by atomic mass is 32.2. The van der Waals surface area contributed by atoms with Crippen molar-refractivity contribution < 1.29 is 0 Å². The summed E-state index contributed by atoms with van der Waals surface area (Å²) >= 11 is 2.01. The van der Waals surface area contributed by atoms with Gasteiger partial charge in [0.25, 0.3) is 0 Å². The van der Waals surface area contributed by atoms with Gasteiger partial charge in [-0.05, 0) is 43.0 Å². The van der Waals surface area contributed by atoms with Crippen molar-refractivity contribution in [1.82, 2.24) is 5.32 Å². The van der Waals surface area contributed by atoms with Gasteiger partial charge in [-0.25, -0.2) is 0 Å². The van der Waals surface area contributed by atoms with Crippen LogP contribution >= 0.6 is 11.8 Å². The fraction of sp³-hybridized carbons (Fsp3) is 0.571. The molecule has 0 radical (unpaired) electrons. The zero-order valence-corrected chi connectivity index (χ0v) is 11.1. The van der Waals surface area contributed by atoms with E-state index in [2.05, 4.69) is 37.4 Å². The average molecular weight is 235 g/mol. The maximum absolute atomic E-state index is 3.54. The van der Waals surface area contributed by atoms with E-state index in [9.17, 15) is 0 Å². The Morgan fingerprint density at radius 2 is 2.25 bits per heavy atom. The molecule has 0 fully saturated rings. The summed E-state index contributed by atoms with van der Waals surface area (Å²) in [6, 6.07) is 7.66. The summed E-state index contributed by atoms with van der Waals surface area (Å²) in [7, 11) is 0. The third-order valence-corrected chi connectivity index (χ3v) is 4.33. The van der Waals surface area contributed by atoms with Crippen LogP contribution in [0.5, 0.6) is 0 Å². The predicted octanol–water partition coefficient (Wildman–Crippen LogP) is 3.27. The lowest BCUT2D eigenvalue weighted by Crippen LogP contribution is -2.30. The normalized spacial score (nSPS) is 16.1. The topological polar surface area (TPSA) is 12.0 Å². The smallest absolute Gasteiger partial charge is 0.0107 e. The number of benzene rings is 1. The Bertz CT molecular complexity index is 349. The number of fused-ring (bicyclic) bond motifs is 1. The third-order valence-electron chi connectivity index (χ3n) is 3.23. The van der Waals surface area contributed by atoms with Gasteiger partial charge in [0.05, 0.1) is 0 Å². The molecule has 1 unspecified atom stereocenters. The standard InChI is InChI=1S/C14H21NS/c1-3-13(15-4-2)9-11-5-6-12-7-8-16-14(12)10-11/h5-6,10,13,15H,3-4,7-9H2,1-2H3. The first-order chi connectivity index (χ1) is 7.83. The highest BCUT2D eigenvalue weighted by Gasteiger charge is 2.13. The average Bonchev–Trinajstić information content (AvgIpc) is 2.75. The Labute approximate surface area is 103 Å². The zero-order valence-electron chi connectivity index (χ0n) is 10.3. The van der Waals surface area contributed by atoms with Crippen molar-refractivity contribution in [2.75, 3.05) is 12.3 Å². The summed E-state index contributed by atoms with van der Waals surface area (Å²) < 4.78 is 0. The van der Waals surface area contributed by atoms with Crippen LogP contribution in [-0.2, 0) is 12.8 Å². The van der Waals surface area contributed by atoms with Crippen LogP contribution in [0.1, 0.15) is 31.4 Å². The maximum Gasteiger partial charge on any atom is 0.0107 e. The fourth-order valence-corrected chi connectivity index (χ4v) is 3.40. The first kappa shape index (κ1) is 12.0. The van der Waals surface area contributed by atoms with Crippen LogP contribution in [0.4, 0.5) is 0 Å². The van der Waals surface area contributed by atoms with E-state index < -0.39 is 0 Å². The molecule has 2 heteroatoms. The number of hydrogen-bond acceptors (Lipinski definition) is 2. The Morgan fingerprint density at radius 1 is 1.38 bits per heavy atom. The van der Waals surface area contributed by atoms with Crippen LogP contribution in [0.15, 0.2) is 23.1 Å². The van der Waals surface area contributed by atoms with E-state index in [0.717, 1.165) is 13.0 Å². The molecule has 1 aromatic carbocycles. The van der Waals surface area contributed by atoms with Gasteiger partial charge in [0.2, 0.25) is 0 Å². The van der Waals surface area contributed by atoms with Crippen LogP contribution in [0.25, 0.3) is 0 Å². The number of aryl methyl sites for hydroxylation is 1. The molecule has 0 spiro atoms. The van der Waals surface area contributed by atoms with Gasteiger partial charge in [-0.15, -0.1) is 11.8 Å². The van der Waals surface area contributed by atoms with Crippen LogP contribution < -0.4 is 5.32 Å². The molecule has 0 bridgehead atoms. The second kappa shape index (κ2) is 5.74. The number of hydrogen-bond donors (Lipinski definition) is 1. The summed E-state index contributed by atoms with van der Waals surface area (Å²) in [5.41, 5.74) is 3.03. The lowest BCUT2D eigenvalue weighted by molar-refractivity contribution is 0.510. The zero-order chi connectivity index (χ0) is 11.4. The van der Waals surface area contributed by atoms with E-state index in [0.29, 0.717) is 6.04 Å². The van der Waals surface area contributed by atoms with E-state index >= 15 is 0 Å². The molecule has 1 aliphatic rings. The molecular formula is C14H21NS. The molecule has 1 aromatic rings. The number of rotatable bonds is 5. The molecule has 0 amide bonds. The van der Waals surface area contributed by atoms with Gasteiger partial charge in [-0.2, -0.15) is 0 Å². The summed E-state index contributed by atoms with van der Waals surface area (Å²) in [5, 5.41) is 3.54. The summed E-state index contributed by atoms with van der Waals surface area (Å²) in [6.45, 7) is 5.51. The Morgan fingerprint density at radius 3 is 3.00 bits per heavy atom. The molecule has 1 N–H and O–H groups in total. The summed E-state index contributed by atoms with van der Waals surface area (Å²) in [5.74, 6) is 1.27. The quantitative estimate of drug-likeness (QED) is 0.840. The van der Waals surface area contributed by atoms with Gasteiger partial charge < -0.3 is 5.32 Å². The largest absolute Gasteiger partial charge is 0.314 e. The SMILES string of the molecule is CCNC(CC)Cc1ccc2c(c1)SCC2. The molecule has 1 nitrogen and oxygen atoms in total. The first-order valence-electron chi connectivity index (χ1n) is 6.31. The van der Waals surface area contributed by atoms with Gasteiger partial charge in [0.1, 0.15) is 0 Å². The minimum Gasteiger partial charge on any atom is -0.314 e. The Hall–Kier alpha value is -0.470. The van der Waals surface area contributed by atoms with Crippen molar-refractivity contribution in [3.63, 3.8) is 0 Å². The molecule has 0 saturated heterocycles. The molecule has 88 valence electrons. The summed E-state index contributed by atoms with van der Waals surface area (Å²) in [6.07, 6.45) is 3.63. The number of likely N-dealkylation sites (N-methyl/N-ethyl adjacent to an activating group) is 1. The molecule has 0 aliphatic carbocycles. The summed E-state index contributed by atoms with van der Waals surface area (Å²) in [4.78, 5) is 1.52. The monoisotopic (exact) mass is 235 g/mol. The van der Waals surface area contributed by atoms with E-state index in [4.69, 9.17) is 0 Å². The van der Waals surface area contributed by atoms with Crippen molar-refractivity contribution in [2.45, 2.75) is 44.0 Å². The van der Waals surface area contributed by atoms with Gasteiger partial charge in [0.15, 0.2) is 0 Å². The molecule has 0 saturated carbocycles. The highest BCUT2D eigenvalue weighted by molar-refractivity contribution is 7.99. The van der Waals surface area contributed by atoms with Crippen molar-refractivity contribution >= 4 is 11.8 Å². The van der Waals surface area contributed by atoms with E-state index in [-0.39, 0.29) is 0 Å². The van der Waals surface area contributed by atoms with Crippen LogP contribution in [0.3, 0.4) is 0 Å². The molecule has 1 aliphatic heterocycles. The van der Waals surface area contributed by atoms with E-state index in [1.807, 2.05) is 11.8 Å². The fourth-order valence-electron chi connectivity index (χ4n) is 2.27. The number of nitrogens with one attached hydrogen (secondary N) is 1. The van der Waals surface area contributed by atoms with Gasteiger partial charge >= 0.3 is 0 Å². The van der Waals surface area contributed by atoms with Crippen molar-refractivity contribution in [3.05, 3.63) is 29.3 Å². The maximum atomic E-state index is 3.54. The van der Waals surface area contributed by atoms with Crippen molar-refractivity contribution in [3.8, 4) is 0 Å². The second-order valence-corrected chi connectivity index (χ2v) is 5.54. The van der Waals surface area contributed by atoms with Gasteiger partial charge in [-0.1, -0.05) is 26.0 Å².